The van der Waals surface area contributed by atoms with Gasteiger partial charge in [0.1, 0.15) is 11.5 Å². The number of hydrogen-bond donors (Lipinski definition) is 1. The smallest absolute Gasteiger partial charge is 0.123 e. The number of benzene rings is 2. The molecule has 0 aromatic heterocycles. The first kappa shape index (κ1) is 14.0. The van der Waals surface area contributed by atoms with E-state index in [2.05, 4.69) is 36.5 Å². The van der Waals surface area contributed by atoms with Crippen molar-refractivity contribution in [3.05, 3.63) is 59.2 Å². The van der Waals surface area contributed by atoms with Gasteiger partial charge in [0.2, 0.25) is 0 Å². The molecule has 110 valence electrons. The molecule has 0 saturated carbocycles. The first-order valence-electron chi connectivity index (χ1n) is 7.39. The summed E-state index contributed by atoms with van der Waals surface area (Å²) in [6, 6.07) is 14.9. The Kier molecular flexibility index (Phi) is 4.11. The molecule has 2 aromatic rings. The van der Waals surface area contributed by atoms with Crippen molar-refractivity contribution in [2.24, 2.45) is 0 Å². The van der Waals surface area contributed by atoms with Gasteiger partial charge in [-0.25, -0.2) is 0 Å². The predicted molar refractivity (Wildman–Crippen MR) is 83.9 cm³/mol. The van der Waals surface area contributed by atoms with Gasteiger partial charge < -0.3 is 14.8 Å². The molecule has 0 saturated heterocycles. The molecule has 1 N–H and O–H groups in total. The average molecular weight is 283 g/mol. The van der Waals surface area contributed by atoms with E-state index in [1.807, 2.05) is 18.2 Å². The Balaban J connectivity index is 1.67. The van der Waals surface area contributed by atoms with E-state index in [9.17, 15) is 0 Å². The third kappa shape index (κ3) is 3.03. The van der Waals surface area contributed by atoms with Crippen LogP contribution in [0.2, 0.25) is 0 Å². The number of ether oxygens (including phenoxy) is 2. The highest BCUT2D eigenvalue weighted by molar-refractivity contribution is 5.41. The van der Waals surface area contributed by atoms with Crippen LogP contribution in [0.4, 0.5) is 0 Å². The van der Waals surface area contributed by atoms with E-state index < -0.39 is 0 Å². The monoisotopic (exact) mass is 283 g/mol. The lowest BCUT2D eigenvalue weighted by Crippen LogP contribution is -2.18. The van der Waals surface area contributed by atoms with E-state index in [-0.39, 0.29) is 0 Å². The summed E-state index contributed by atoms with van der Waals surface area (Å²) in [5.74, 6) is 1.97. The fourth-order valence-corrected chi connectivity index (χ4v) is 2.71. The van der Waals surface area contributed by atoms with Crippen LogP contribution >= 0.6 is 0 Å². The van der Waals surface area contributed by atoms with Gasteiger partial charge in [-0.05, 0) is 30.2 Å². The minimum absolute atomic E-state index is 0.292. The number of methoxy groups -OCH3 is 1. The van der Waals surface area contributed by atoms with Gasteiger partial charge in [0.15, 0.2) is 0 Å². The third-order valence-electron chi connectivity index (χ3n) is 4.00. The van der Waals surface area contributed by atoms with Gasteiger partial charge in [-0.1, -0.05) is 30.3 Å². The Hall–Kier alpha value is -2.00. The molecular weight excluding hydrogens is 262 g/mol. The van der Waals surface area contributed by atoms with Gasteiger partial charge in [0.05, 0.1) is 13.7 Å². The van der Waals surface area contributed by atoms with Crippen LogP contribution in [0, 0.1) is 0 Å². The van der Waals surface area contributed by atoms with Crippen molar-refractivity contribution < 1.29 is 9.47 Å². The van der Waals surface area contributed by atoms with E-state index >= 15 is 0 Å². The molecule has 3 heteroatoms. The summed E-state index contributed by atoms with van der Waals surface area (Å²) in [6.45, 7) is 3.79. The van der Waals surface area contributed by atoms with E-state index in [4.69, 9.17) is 9.47 Å². The van der Waals surface area contributed by atoms with Crippen LogP contribution in [-0.2, 0) is 13.0 Å². The first-order valence-corrected chi connectivity index (χ1v) is 7.39. The molecule has 21 heavy (non-hydrogen) atoms. The largest absolute Gasteiger partial charge is 0.496 e. The summed E-state index contributed by atoms with van der Waals surface area (Å²) < 4.78 is 10.9. The van der Waals surface area contributed by atoms with Crippen molar-refractivity contribution in [2.45, 2.75) is 25.9 Å². The maximum Gasteiger partial charge on any atom is 0.123 e. The molecule has 0 aliphatic carbocycles. The molecule has 0 bridgehead atoms. The molecule has 3 nitrogen and oxygen atoms in total. The van der Waals surface area contributed by atoms with Crippen molar-refractivity contribution in [1.82, 2.24) is 5.32 Å². The van der Waals surface area contributed by atoms with Gasteiger partial charge >= 0.3 is 0 Å². The molecule has 0 spiro atoms. The van der Waals surface area contributed by atoms with E-state index in [1.54, 1.807) is 7.11 Å². The Morgan fingerprint density at radius 1 is 1.24 bits per heavy atom. The molecule has 1 atom stereocenters. The zero-order chi connectivity index (χ0) is 14.7. The maximum atomic E-state index is 5.56. The number of nitrogens with one attached hydrogen (secondary N) is 1. The maximum absolute atomic E-state index is 5.56. The highest BCUT2D eigenvalue weighted by atomic mass is 16.5. The molecule has 1 aliphatic rings. The summed E-state index contributed by atoms with van der Waals surface area (Å²) in [7, 11) is 1.71. The lowest BCUT2D eigenvalue weighted by Gasteiger charge is -2.16. The molecule has 2 aromatic carbocycles. The topological polar surface area (TPSA) is 30.5 Å². The fraction of sp³-hybridized carbons (Fsp3) is 0.333. The Bertz CT molecular complexity index is 624. The Labute approximate surface area is 125 Å². The summed E-state index contributed by atoms with van der Waals surface area (Å²) in [5, 5.41) is 3.56. The van der Waals surface area contributed by atoms with Crippen molar-refractivity contribution >= 4 is 0 Å². The first-order chi connectivity index (χ1) is 10.3. The minimum atomic E-state index is 0.292. The summed E-state index contributed by atoms with van der Waals surface area (Å²) >= 11 is 0. The van der Waals surface area contributed by atoms with Crippen LogP contribution in [0.15, 0.2) is 42.5 Å². The molecule has 0 amide bonds. The molecule has 1 aliphatic heterocycles. The minimum Gasteiger partial charge on any atom is -0.496 e. The van der Waals surface area contributed by atoms with Crippen LogP contribution in [-0.4, -0.2) is 13.7 Å². The number of fused-ring (bicyclic) bond motifs is 1. The highest BCUT2D eigenvalue weighted by Crippen LogP contribution is 2.28. The summed E-state index contributed by atoms with van der Waals surface area (Å²) in [5.41, 5.74) is 3.80. The van der Waals surface area contributed by atoms with Crippen molar-refractivity contribution in [2.75, 3.05) is 13.7 Å². The van der Waals surface area contributed by atoms with Crippen LogP contribution in [0.25, 0.3) is 0 Å². The molecule has 1 heterocycles. The van der Waals surface area contributed by atoms with Crippen LogP contribution in [0.5, 0.6) is 11.5 Å². The van der Waals surface area contributed by atoms with E-state index in [0.717, 1.165) is 31.1 Å². The molecular formula is C18H21NO2. The summed E-state index contributed by atoms with van der Waals surface area (Å²) in [4.78, 5) is 0. The molecule has 3 rings (SSSR count). The lowest BCUT2D eigenvalue weighted by molar-refractivity contribution is 0.356. The Morgan fingerprint density at radius 3 is 2.95 bits per heavy atom. The second-order valence-corrected chi connectivity index (χ2v) is 5.38. The SMILES string of the molecule is COc1ccccc1CNC(C)c1ccc2c(c1)CCO2. The normalized spacial score (nSPS) is 14.4. The van der Waals surface area contributed by atoms with E-state index in [1.165, 1.54) is 16.7 Å². The second-order valence-electron chi connectivity index (χ2n) is 5.38. The van der Waals surface area contributed by atoms with Gasteiger partial charge in [-0.15, -0.1) is 0 Å². The average Bonchev–Trinajstić information content (AvgIpc) is 3.00. The van der Waals surface area contributed by atoms with Gasteiger partial charge in [0, 0.05) is 24.6 Å². The van der Waals surface area contributed by atoms with Crippen LogP contribution in [0.1, 0.15) is 29.7 Å². The molecule has 1 unspecified atom stereocenters. The van der Waals surface area contributed by atoms with Crippen LogP contribution in [0.3, 0.4) is 0 Å². The predicted octanol–water partition coefficient (Wildman–Crippen LogP) is 3.48. The summed E-state index contributed by atoms with van der Waals surface area (Å²) in [6.07, 6.45) is 1.02. The molecule has 0 fully saturated rings. The van der Waals surface area contributed by atoms with Crippen molar-refractivity contribution in [3.8, 4) is 11.5 Å². The standard InChI is InChI=1S/C18H21NO2/c1-13(14-7-8-18-15(11-14)9-10-21-18)19-12-16-5-3-4-6-17(16)20-2/h3-8,11,13,19H,9-10,12H2,1-2H3. The number of hydrogen-bond acceptors (Lipinski definition) is 3. The molecule has 0 radical (unpaired) electrons. The zero-order valence-corrected chi connectivity index (χ0v) is 12.6. The highest BCUT2D eigenvalue weighted by Gasteiger charge is 2.14. The van der Waals surface area contributed by atoms with Crippen molar-refractivity contribution in [3.63, 3.8) is 0 Å². The third-order valence-corrected chi connectivity index (χ3v) is 4.00. The van der Waals surface area contributed by atoms with Gasteiger partial charge in [-0.3, -0.25) is 0 Å². The fourth-order valence-electron chi connectivity index (χ4n) is 2.71. The Morgan fingerprint density at radius 2 is 2.10 bits per heavy atom. The zero-order valence-electron chi connectivity index (χ0n) is 12.6. The van der Waals surface area contributed by atoms with Crippen molar-refractivity contribution in [1.29, 1.82) is 0 Å². The van der Waals surface area contributed by atoms with Gasteiger partial charge in [0.25, 0.3) is 0 Å². The van der Waals surface area contributed by atoms with Crippen LogP contribution < -0.4 is 14.8 Å². The number of para-hydroxylation sites is 1. The quantitative estimate of drug-likeness (QED) is 0.911. The number of rotatable bonds is 5. The second kappa shape index (κ2) is 6.19. The lowest BCUT2D eigenvalue weighted by atomic mass is 10.0. The van der Waals surface area contributed by atoms with Gasteiger partial charge in [-0.2, -0.15) is 0 Å². The van der Waals surface area contributed by atoms with E-state index in [0.29, 0.717) is 6.04 Å².